The molecule has 0 aliphatic rings. The number of aryl methyl sites for hydroxylation is 1. The lowest BCUT2D eigenvalue weighted by atomic mass is 10.0. The summed E-state index contributed by atoms with van der Waals surface area (Å²) < 4.78 is 41.6. The number of nitriles is 1. The summed E-state index contributed by atoms with van der Waals surface area (Å²) in [7, 11) is 0. The van der Waals surface area contributed by atoms with Gasteiger partial charge in [0, 0.05) is 18.3 Å². The van der Waals surface area contributed by atoms with E-state index in [4.69, 9.17) is 5.26 Å². The van der Waals surface area contributed by atoms with Crippen LogP contribution in [0.25, 0.3) is 5.69 Å². The van der Waals surface area contributed by atoms with Crippen LogP contribution in [0.15, 0.2) is 59.4 Å². The summed E-state index contributed by atoms with van der Waals surface area (Å²) in [6.45, 7) is 5.17. The maximum atomic E-state index is 13.5. The number of halogens is 3. The number of carbonyl (C=O) groups is 1. The molecule has 2 aromatic carbocycles. The summed E-state index contributed by atoms with van der Waals surface area (Å²) >= 11 is 0. The molecule has 0 saturated carbocycles. The molecule has 3 aromatic rings. The van der Waals surface area contributed by atoms with Crippen molar-refractivity contribution < 1.29 is 18.0 Å². The first kappa shape index (κ1) is 23.7. The number of para-hydroxylation sites is 1. The zero-order valence-corrected chi connectivity index (χ0v) is 18.2. The first-order valence-electron chi connectivity index (χ1n) is 10.2. The third-order valence-electron chi connectivity index (χ3n) is 5.34. The van der Waals surface area contributed by atoms with E-state index in [0.29, 0.717) is 5.56 Å². The summed E-state index contributed by atoms with van der Waals surface area (Å²) in [6, 6.07) is 14.2. The van der Waals surface area contributed by atoms with E-state index in [1.165, 1.54) is 30.0 Å². The SMILES string of the molecule is CCN(C(=O)c1nn(-c2ccccc2C(F)(F)F)c(C)cc1=O)[C@H](C)c1ccc(C#N)cc1. The van der Waals surface area contributed by atoms with Gasteiger partial charge in [-0.25, -0.2) is 4.68 Å². The van der Waals surface area contributed by atoms with Crippen LogP contribution in [-0.4, -0.2) is 27.1 Å². The van der Waals surface area contributed by atoms with E-state index in [0.717, 1.165) is 22.4 Å². The second-order valence-electron chi connectivity index (χ2n) is 7.43. The summed E-state index contributed by atoms with van der Waals surface area (Å²) in [5.74, 6) is -0.697. The average molecular weight is 454 g/mol. The number of aromatic nitrogens is 2. The Bertz CT molecular complexity index is 1270. The Morgan fingerprint density at radius 2 is 1.82 bits per heavy atom. The fraction of sp³-hybridized carbons (Fsp3) is 0.250. The monoisotopic (exact) mass is 454 g/mol. The maximum absolute atomic E-state index is 13.5. The van der Waals surface area contributed by atoms with E-state index >= 15 is 0 Å². The van der Waals surface area contributed by atoms with E-state index in [1.807, 2.05) is 6.07 Å². The number of carbonyl (C=O) groups excluding carboxylic acids is 1. The Kier molecular flexibility index (Phi) is 6.68. The second kappa shape index (κ2) is 9.28. The molecule has 1 amide bonds. The van der Waals surface area contributed by atoms with Crippen molar-refractivity contribution in [2.24, 2.45) is 0 Å². The zero-order valence-electron chi connectivity index (χ0n) is 18.2. The molecule has 0 radical (unpaired) electrons. The molecule has 3 rings (SSSR count). The predicted molar refractivity (Wildman–Crippen MR) is 116 cm³/mol. The molecule has 0 N–H and O–H groups in total. The minimum absolute atomic E-state index is 0.163. The van der Waals surface area contributed by atoms with Crippen molar-refractivity contribution in [1.82, 2.24) is 14.7 Å². The number of nitrogens with zero attached hydrogens (tertiary/aromatic N) is 4. The number of rotatable bonds is 5. The Labute approximate surface area is 188 Å². The lowest BCUT2D eigenvalue weighted by Gasteiger charge is -2.28. The van der Waals surface area contributed by atoms with Gasteiger partial charge < -0.3 is 4.90 Å². The number of hydrogen-bond donors (Lipinski definition) is 0. The number of benzene rings is 2. The average Bonchev–Trinajstić information content (AvgIpc) is 2.79. The first-order valence-corrected chi connectivity index (χ1v) is 10.2. The molecule has 0 fully saturated rings. The van der Waals surface area contributed by atoms with Crippen LogP contribution in [-0.2, 0) is 6.18 Å². The van der Waals surface area contributed by atoms with Crippen LogP contribution in [0.3, 0.4) is 0 Å². The topological polar surface area (TPSA) is 79.0 Å². The molecule has 170 valence electrons. The van der Waals surface area contributed by atoms with Crippen LogP contribution in [0.2, 0.25) is 0 Å². The normalized spacial score (nSPS) is 12.2. The number of alkyl halides is 3. The van der Waals surface area contributed by atoms with E-state index in [9.17, 15) is 22.8 Å². The molecule has 0 bridgehead atoms. The molecule has 6 nitrogen and oxygen atoms in total. The highest BCUT2D eigenvalue weighted by Crippen LogP contribution is 2.33. The highest BCUT2D eigenvalue weighted by atomic mass is 19.4. The van der Waals surface area contributed by atoms with Crippen LogP contribution >= 0.6 is 0 Å². The summed E-state index contributed by atoms with van der Waals surface area (Å²) in [6.07, 6.45) is -4.64. The fourth-order valence-electron chi connectivity index (χ4n) is 3.58. The highest BCUT2D eigenvalue weighted by molar-refractivity contribution is 5.92. The van der Waals surface area contributed by atoms with Crippen molar-refractivity contribution >= 4 is 5.91 Å². The smallest absolute Gasteiger partial charge is 0.331 e. The quantitative estimate of drug-likeness (QED) is 0.562. The Balaban J connectivity index is 2.07. The van der Waals surface area contributed by atoms with E-state index in [2.05, 4.69) is 5.10 Å². The van der Waals surface area contributed by atoms with Gasteiger partial charge in [0.1, 0.15) is 0 Å². The van der Waals surface area contributed by atoms with Gasteiger partial charge in [0.25, 0.3) is 5.91 Å². The van der Waals surface area contributed by atoms with Crippen LogP contribution in [0, 0.1) is 18.3 Å². The Morgan fingerprint density at radius 1 is 1.18 bits per heavy atom. The van der Waals surface area contributed by atoms with Crippen molar-refractivity contribution in [1.29, 1.82) is 5.26 Å². The van der Waals surface area contributed by atoms with Crippen LogP contribution in [0.4, 0.5) is 13.2 Å². The number of hydrogen-bond acceptors (Lipinski definition) is 4. The molecule has 33 heavy (non-hydrogen) atoms. The third kappa shape index (κ3) is 4.80. The molecule has 0 spiro atoms. The standard InChI is InChI=1S/C24H21F3N4O2/c1-4-30(16(3)18-11-9-17(14-28)10-12-18)23(33)22-21(32)13-15(2)31(29-22)20-8-6-5-7-19(20)24(25,26)27/h5-13,16H,4H2,1-3H3/t16-/m1/s1. The maximum Gasteiger partial charge on any atom is 0.418 e. The lowest BCUT2D eigenvalue weighted by molar-refractivity contribution is -0.137. The molecule has 1 atom stereocenters. The van der Waals surface area contributed by atoms with Gasteiger partial charge >= 0.3 is 6.18 Å². The van der Waals surface area contributed by atoms with Gasteiger partial charge in [-0.1, -0.05) is 24.3 Å². The second-order valence-corrected chi connectivity index (χ2v) is 7.43. The molecular weight excluding hydrogens is 433 g/mol. The predicted octanol–water partition coefficient (Wildman–Crippen LogP) is 4.65. The van der Waals surface area contributed by atoms with Crippen molar-refractivity contribution in [2.75, 3.05) is 6.54 Å². The highest BCUT2D eigenvalue weighted by Gasteiger charge is 2.34. The summed E-state index contributed by atoms with van der Waals surface area (Å²) in [4.78, 5) is 27.3. The van der Waals surface area contributed by atoms with Gasteiger partial charge in [-0.3, -0.25) is 9.59 Å². The van der Waals surface area contributed by atoms with E-state index in [1.54, 1.807) is 38.1 Å². The fourth-order valence-corrected chi connectivity index (χ4v) is 3.58. The Hall–Kier alpha value is -3.93. The molecule has 0 aliphatic heterocycles. The van der Waals surface area contributed by atoms with Crippen molar-refractivity contribution in [3.05, 3.63) is 92.9 Å². The van der Waals surface area contributed by atoms with E-state index < -0.39 is 34.8 Å². The molecule has 0 aliphatic carbocycles. The number of amides is 1. The van der Waals surface area contributed by atoms with Gasteiger partial charge in [-0.05, 0) is 50.6 Å². The van der Waals surface area contributed by atoms with Gasteiger partial charge in [-0.15, -0.1) is 0 Å². The van der Waals surface area contributed by atoms with Gasteiger partial charge in [0.15, 0.2) is 5.69 Å². The third-order valence-corrected chi connectivity index (χ3v) is 5.34. The molecule has 9 heteroatoms. The molecule has 0 unspecified atom stereocenters. The largest absolute Gasteiger partial charge is 0.418 e. The first-order chi connectivity index (χ1) is 15.6. The molecule has 1 heterocycles. The Morgan fingerprint density at radius 3 is 2.39 bits per heavy atom. The van der Waals surface area contributed by atoms with Gasteiger partial charge in [-0.2, -0.15) is 23.5 Å². The molecule has 1 aromatic heterocycles. The van der Waals surface area contributed by atoms with Crippen molar-refractivity contribution in [3.8, 4) is 11.8 Å². The van der Waals surface area contributed by atoms with Crippen LogP contribution in [0.5, 0.6) is 0 Å². The zero-order chi connectivity index (χ0) is 24.3. The van der Waals surface area contributed by atoms with E-state index in [-0.39, 0.29) is 17.9 Å². The van der Waals surface area contributed by atoms with Gasteiger partial charge in [0.2, 0.25) is 5.43 Å². The summed E-state index contributed by atoms with van der Waals surface area (Å²) in [5, 5.41) is 13.0. The minimum atomic E-state index is -4.64. The molecular formula is C24H21F3N4O2. The molecule has 0 saturated heterocycles. The minimum Gasteiger partial charge on any atom is -0.331 e. The van der Waals surface area contributed by atoms with Crippen LogP contribution in [0.1, 0.15) is 52.8 Å². The lowest BCUT2D eigenvalue weighted by Crippen LogP contribution is -2.38. The van der Waals surface area contributed by atoms with Gasteiger partial charge in [0.05, 0.1) is 28.9 Å². The summed E-state index contributed by atoms with van der Waals surface area (Å²) in [5.41, 5.74) is -0.994. The van der Waals surface area contributed by atoms with Crippen LogP contribution < -0.4 is 5.43 Å². The van der Waals surface area contributed by atoms with Crippen molar-refractivity contribution in [3.63, 3.8) is 0 Å². The van der Waals surface area contributed by atoms with Crippen molar-refractivity contribution in [2.45, 2.75) is 33.0 Å².